The van der Waals surface area contributed by atoms with Crippen LogP contribution in [-0.2, 0) is 4.79 Å². The van der Waals surface area contributed by atoms with E-state index in [2.05, 4.69) is 0 Å². The van der Waals surface area contributed by atoms with E-state index in [4.69, 9.17) is 5.73 Å². The van der Waals surface area contributed by atoms with E-state index in [-0.39, 0.29) is 6.42 Å². The van der Waals surface area contributed by atoms with E-state index < -0.39 is 46.7 Å². The molecule has 0 spiro atoms. The number of nitrogens with one attached hydrogen (secondary N) is 1. The topological polar surface area (TPSA) is 55.1 Å². The van der Waals surface area contributed by atoms with Crippen LogP contribution in [0.15, 0.2) is 0 Å². The SMILES string of the molecule is CCC(Nc1c(F)c(F)c(F)c(F)c1F)C(N)=O. The van der Waals surface area contributed by atoms with Gasteiger partial charge in [-0.05, 0) is 6.42 Å². The molecule has 1 aromatic carbocycles. The zero-order valence-electron chi connectivity index (χ0n) is 9.16. The molecule has 1 atom stereocenters. The normalized spacial score (nSPS) is 12.3. The summed E-state index contributed by atoms with van der Waals surface area (Å²) in [4.78, 5) is 10.8. The van der Waals surface area contributed by atoms with Gasteiger partial charge in [-0.1, -0.05) is 6.92 Å². The summed E-state index contributed by atoms with van der Waals surface area (Å²) < 4.78 is 64.9. The van der Waals surface area contributed by atoms with Gasteiger partial charge in [-0.25, -0.2) is 22.0 Å². The van der Waals surface area contributed by atoms with Crippen LogP contribution >= 0.6 is 0 Å². The Kier molecular flexibility index (Phi) is 4.10. The zero-order valence-corrected chi connectivity index (χ0v) is 9.16. The molecule has 1 amide bonds. The Morgan fingerprint density at radius 2 is 1.44 bits per heavy atom. The van der Waals surface area contributed by atoms with Gasteiger partial charge >= 0.3 is 0 Å². The maximum absolute atomic E-state index is 13.2. The molecule has 0 heterocycles. The summed E-state index contributed by atoms with van der Waals surface area (Å²) in [5.41, 5.74) is 3.63. The number of primary amides is 1. The molecule has 8 heteroatoms. The van der Waals surface area contributed by atoms with Crippen LogP contribution in [0.3, 0.4) is 0 Å². The Bertz CT molecular complexity index is 463. The quantitative estimate of drug-likeness (QED) is 0.499. The Morgan fingerprint density at radius 1 is 1.06 bits per heavy atom. The number of carbonyl (C=O) groups is 1. The molecule has 0 radical (unpaired) electrons. The predicted octanol–water partition coefficient (Wildman–Crippen LogP) is 2.06. The van der Waals surface area contributed by atoms with Gasteiger partial charge in [0.1, 0.15) is 11.7 Å². The summed E-state index contributed by atoms with van der Waals surface area (Å²) >= 11 is 0. The minimum atomic E-state index is -2.26. The van der Waals surface area contributed by atoms with Crippen LogP contribution < -0.4 is 11.1 Å². The molecule has 1 rings (SSSR count). The number of rotatable bonds is 4. The van der Waals surface area contributed by atoms with E-state index in [9.17, 15) is 26.7 Å². The molecule has 100 valence electrons. The van der Waals surface area contributed by atoms with Crippen LogP contribution in [0.25, 0.3) is 0 Å². The van der Waals surface area contributed by atoms with Crippen LogP contribution in [-0.4, -0.2) is 11.9 Å². The highest BCUT2D eigenvalue weighted by molar-refractivity contribution is 5.82. The summed E-state index contributed by atoms with van der Waals surface area (Å²) in [7, 11) is 0. The number of halogens is 5. The van der Waals surface area contributed by atoms with Gasteiger partial charge in [0.05, 0.1) is 0 Å². The summed E-state index contributed by atoms with van der Waals surface area (Å²) in [6, 6.07) is -1.24. The second kappa shape index (κ2) is 5.19. The fraction of sp³-hybridized carbons (Fsp3) is 0.300. The molecule has 18 heavy (non-hydrogen) atoms. The van der Waals surface area contributed by atoms with Gasteiger partial charge in [0.25, 0.3) is 0 Å². The molecule has 0 fully saturated rings. The fourth-order valence-electron chi connectivity index (χ4n) is 1.28. The molecular formula is C10H9F5N2O. The summed E-state index contributed by atoms with van der Waals surface area (Å²) in [5, 5.41) is 1.90. The molecule has 0 saturated heterocycles. The van der Waals surface area contributed by atoms with Gasteiger partial charge in [-0.3, -0.25) is 4.79 Å². The third-order valence-electron chi connectivity index (χ3n) is 2.28. The van der Waals surface area contributed by atoms with Crippen LogP contribution in [0.4, 0.5) is 27.6 Å². The van der Waals surface area contributed by atoms with E-state index in [1.165, 1.54) is 6.92 Å². The predicted molar refractivity (Wildman–Crippen MR) is 53.1 cm³/mol. The molecule has 0 saturated carbocycles. The second-order valence-electron chi connectivity index (χ2n) is 3.45. The van der Waals surface area contributed by atoms with Gasteiger partial charge in [0.2, 0.25) is 11.7 Å². The average molecular weight is 268 g/mol. The van der Waals surface area contributed by atoms with Crippen molar-refractivity contribution in [3.8, 4) is 0 Å². The molecule has 0 aliphatic heterocycles. The number of nitrogens with two attached hydrogens (primary N) is 1. The van der Waals surface area contributed by atoms with E-state index in [1.807, 2.05) is 5.32 Å². The summed E-state index contributed by atoms with van der Waals surface area (Å²) in [6.45, 7) is 1.45. The smallest absolute Gasteiger partial charge is 0.239 e. The van der Waals surface area contributed by atoms with Crippen molar-refractivity contribution in [3.05, 3.63) is 29.1 Å². The third kappa shape index (κ3) is 2.36. The maximum Gasteiger partial charge on any atom is 0.239 e. The Balaban J connectivity index is 3.29. The number of anilines is 1. The zero-order chi connectivity index (χ0) is 14.0. The first-order chi connectivity index (χ1) is 8.31. The lowest BCUT2D eigenvalue weighted by Gasteiger charge is -2.16. The lowest BCUT2D eigenvalue weighted by atomic mass is 10.2. The van der Waals surface area contributed by atoms with E-state index in [0.717, 1.165) is 0 Å². The van der Waals surface area contributed by atoms with Crippen molar-refractivity contribution in [1.29, 1.82) is 0 Å². The Hall–Kier alpha value is -1.86. The fourth-order valence-corrected chi connectivity index (χ4v) is 1.28. The second-order valence-corrected chi connectivity index (χ2v) is 3.45. The lowest BCUT2D eigenvalue weighted by Crippen LogP contribution is -2.35. The van der Waals surface area contributed by atoms with Crippen LogP contribution in [0.2, 0.25) is 0 Å². The molecular weight excluding hydrogens is 259 g/mol. The molecule has 0 aliphatic carbocycles. The summed E-state index contributed by atoms with van der Waals surface area (Å²) in [6.07, 6.45) is 0.0226. The van der Waals surface area contributed by atoms with Crippen LogP contribution in [0.5, 0.6) is 0 Å². The number of amides is 1. The van der Waals surface area contributed by atoms with Crippen molar-refractivity contribution >= 4 is 11.6 Å². The first kappa shape index (κ1) is 14.2. The highest BCUT2D eigenvalue weighted by Crippen LogP contribution is 2.27. The van der Waals surface area contributed by atoms with Gasteiger partial charge in [-0.15, -0.1) is 0 Å². The maximum atomic E-state index is 13.2. The van der Waals surface area contributed by atoms with Crippen molar-refractivity contribution in [2.45, 2.75) is 19.4 Å². The van der Waals surface area contributed by atoms with Crippen molar-refractivity contribution in [1.82, 2.24) is 0 Å². The number of benzene rings is 1. The molecule has 3 N–H and O–H groups in total. The van der Waals surface area contributed by atoms with Crippen molar-refractivity contribution in [2.75, 3.05) is 5.32 Å². The van der Waals surface area contributed by atoms with Crippen LogP contribution in [0, 0.1) is 29.1 Å². The van der Waals surface area contributed by atoms with Gasteiger partial charge < -0.3 is 11.1 Å². The Labute approximate surface area is 98.8 Å². The number of hydrogen-bond acceptors (Lipinski definition) is 2. The minimum absolute atomic E-state index is 0.0226. The molecule has 1 unspecified atom stereocenters. The average Bonchev–Trinajstić information content (AvgIpc) is 2.34. The van der Waals surface area contributed by atoms with E-state index in [0.29, 0.717) is 0 Å². The largest absolute Gasteiger partial charge is 0.369 e. The van der Waals surface area contributed by atoms with E-state index >= 15 is 0 Å². The Morgan fingerprint density at radius 3 is 1.78 bits per heavy atom. The van der Waals surface area contributed by atoms with E-state index in [1.54, 1.807) is 0 Å². The minimum Gasteiger partial charge on any atom is -0.369 e. The monoisotopic (exact) mass is 268 g/mol. The molecule has 0 aromatic heterocycles. The summed E-state index contributed by atoms with van der Waals surface area (Å²) in [5.74, 6) is -11.5. The molecule has 0 bridgehead atoms. The molecule has 3 nitrogen and oxygen atoms in total. The third-order valence-corrected chi connectivity index (χ3v) is 2.28. The number of hydrogen-bond donors (Lipinski definition) is 2. The van der Waals surface area contributed by atoms with Gasteiger partial charge in [0.15, 0.2) is 23.3 Å². The molecule has 1 aromatic rings. The number of carbonyl (C=O) groups excluding carboxylic acids is 1. The standard InChI is InChI=1S/C10H9F5N2O/c1-2-3(10(16)18)17-9-7(14)5(12)4(11)6(13)8(9)15/h3,17H,2H2,1H3,(H2,16,18). The van der Waals surface area contributed by atoms with Crippen molar-refractivity contribution in [3.63, 3.8) is 0 Å². The van der Waals surface area contributed by atoms with Gasteiger partial charge in [0, 0.05) is 0 Å². The molecule has 0 aliphatic rings. The van der Waals surface area contributed by atoms with Crippen LogP contribution in [0.1, 0.15) is 13.3 Å². The highest BCUT2D eigenvalue weighted by Gasteiger charge is 2.27. The first-order valence-corrected chi connectivity index (χ1v) is 4.88. The lowest BCUT2D eigenvalue weighted by molar-refractivity contribution is -0.118. The van der Waals surface area contributed by atoms with Crippen molar-refractivity contribution in [2.24, 2.45) is 5.73 Å². The van der Waals surface area contributed by atoms with Crippen molar-refractivity contribution < 1.29 is 26.7 Å². The highest BCUT2D eigenvalue weighted by atomic mass is 19.2. The van der Waals surface area contributed by atoms with Gasteiger partial charge in [-0.2, -0.15) is 0 Å². The first-order valence-electron chi connectivity index (χ1n) is 4.88.